The Bertz CT molecular complexity index is 1910. The lowest BCUT2D eigenvalue weighted by atomic mass is 10.0. The molecule has 5 heteroatoms. The second-order valence-corrected chi connectivity index (χ2v) is 9.02. The molecule has 0 radical (unpaired) electrons. The van der Waals surface area contributed by atoms with Gasteiger partial charge in [-0.25, -0.2) is 4.98 Å². The highest BCUT2D eigenvalue weighted by Crippen LogP contribution is 2.37. The number of hydrogen-bond donors (Lipinski definition) is 0. The van der Waals surface area contributed by atoms with Crippen molar-refractivity contribution in [3.05, 3.63) is 114 Å². The summed E-state index contributed by atoms with van der Waals surface area (Å²) in [6.07, 6.45) is 0. The Morgan fingerprint density at radius 2 is 1.22 bits per heavy atom. The number of furan rings is 1. The quantitative estimate of drug-likeness (QED) is 0.252. The van der Waals surface area contributed by atoms with Gasteiger partial charge in [-0.15, -0.1) is 0 Å². The third-order valence-electron chi connectivity index (χ3n) is 6.44. The van der Waals surface area contributed by atoms with Gasteiger partial charge in [0.15, 0.2) is 11.6 Å². The number of hydrogen-bond acceptors (Lipinski definition) is 4. The highest BCUT2D eigenvalue weighted by atomic mass is 35.5. The second kappa shape index (κ2) is 8.29. The van der Waals surface area contributed by atoms with Crippen LogP contribution in [-0.2, 0) is 0 Å². The van der Waals surface area contributed by atoms with Crippen molar-refractivity contribution in [3.8, 4) is 33.9 Å². The number of para-hydroxylation sites is 1. The minimum atomic E-state index is 0.138. The van der Waals surface area contributed by atoms with E-state index >= 15 is 0 Å². The van der Waals surface area contributed by atoms with E-state index in [0.29, 0.717) is 11.6 Å². The Labute approximate surface area is 211 Å². The molecule has 2 aromatic heterocycles. The van der Waals surface area contributed by atoms with Gasteiger partial charge in [0.1, 0.15) is 11.2 Å². The lowest BCUT2D eigenvalue weighted by Gasteiger charge is -2.07. The van der Waals surface area contributed by atoms with E-state index in [4.69, 9.17) is 21.0 Å². The maximum absolute atomic E-state index is 6.41. The zero-order chi connectivity index (χ0) is 24.1. The van der Waals surface area contributed by atoms with Gasteiger partial charge in [-0.05, 0) is 57.8 Å². The molecule has 0 spiro atoms. The molecule has 0 N–H and O–H groups in total. The summed E-state index contributed by atoms with van der Waals surface area (Å²) in [4.78, 5) is 13.7. The molecule has 0 saturated carbocycles. The molecule has 0 fully saturated rings. The Balaban J connectivity index is 1.39. The van der Waals surface area contributed by atoms with Crippen molar-refractivity contribution in [2.24, 2.45) is 0 Å². The molecule has 0 unspecified atom stereocenters. The number of benzene rings is 5. The van der Waals surface area contributed by atoms with Crippen molar-refractivity contribution in [1.82, 2.24) is 15.0 Å². The summed E-state index contributed by atoms with van der Waals surface area (Å²) in [5.74, 6) is 0.992. The van der Waals surface area contributed by atoms with E-state index in [1.807, 2.05) is 54.6 Å². The maximum Gasteiger partial charge on any atom is 0.226 e. The van der Waals surface area contributed by atoms with Crippen LogP contribution in [0.1, 0.15) is 0 Å². The molecule has 5 aromatic carbocycles. The van der Waals surface area contributed by atoms with Gasteiger partial charge in [-0.1, -0.05) is 84.9 Å². The highest BCUT2D eigenvalue weighted by molar-refractivity contribution is 6.28. The van der Waals surface area contributed by atoms with E-state index in [2.05, 4.69) is 64.6 Å². The van der Waals surface area contributed by atoms with Gasteiger partial charge in [-0.2, -0.15) is 9.97 Å². The molecule has 0 aliphatic heterocycles. The van der Waals surface area contributed by atoms with Crippen LogP contribution in [0.25, 0.3) is 66.6 Å². The van der Waals surface area contributed by atoms with Gasteiger partial charge >= 0.3 is 0 Å². The molecule has 0 amide bonds. The minimum Gasteiger partial charge on any atom is -0.455 e. The van der Waals surface area contributed by atoms with Crippen LogP contribution >= 0.6 is 11.6 Å². The standard InChI is InChI=1S/C31H18ClN3O/c32-31-34-29(23-13-6-12-20(16-23)19-8-2-1-3-9-19)33-30(35-31)25-15-7-14-24-26-17-21-10-4-5-11-22(21)18-27(26)36-28(24)25/h1-18H. The van der Waals surface area contributed by atoms with E-state index in [0.717, 1.165) is 49.6 Å². The molecular weight excluding hydrogens is 466 g/mol. The predicted molar refractivity (Wildman–Crippen MR) is 146 cm³/mol. The van der Waals surface area contributed by atoms with Crippen LogP contribution in [-0.4, -0.2) is 15.0 Å². The van der Waals surface area contributed by atoms with Gasteiger partial charge in [-0.3, -0.25) is 0 Å². The first-order valence-corrected chi connectivity index (χ1v) is 12.0. The Morgan fingerprint density at radius 1 is 0.528 bits per heavy atom. The van der Waals surface area contributed by atoms with E-state index in [9.17, 15) is 0 Å². The van der Waals surface area contributed by atoms with Gasteiger partial charge in [0.25, 0.3) is 0 Å². The van der Waals surface area contributed by atoms with Crippen LogP contribution in [0.2, 0.25) is 5.28 Å². The largest absolute Gasteiger partial charge is 0.455 e. The average Bonchev–Trinajstić information content (AvgIpc) is 3.29. The van der Waals surface area contributed by atoms with E-state index < -0.39 is 0 Å². The fourth-order valence-electron chi connectivity index (χ4n) is 4.73. The van der Waals surface area contributed by atoms with E-state index in [1.54, 1.807) is 0 Å². The van der Waals surface area contributed by atoms with Crippen molar-refractivity contribution in [2.75, 3.05) is 0 Å². The molecule has 170 valence electrons. The summed E-state index contributed by atoms with van der Waals surface area (Å²) < 4.78 is 6.37. The Morgan fingerprint density at radius 3 is 2.08 bits per heavy atom. The molecule has 0 aliphatic rings. The van der Waals surface area contributed by atoms with E-state index in [-0.39, 0.29) is 5.28 Å². The predicted octanol–water partition coefficient (Wildman–Crippen LogP) is 8.58. The highest BCUT2D eigenvalue weighted by Gasteiger charge is 2.17. The molecule has 0 atom stereocenters. The van der Waals surface area contributed by atoms with Crippen LogP contribution in [0.4, 0.5) is 0 Å². The van der Waals surface area contributed by atoms with Gasteiger partial charge in [0.05, 0.1) is 5.56 Å². The molecular formula is C31H18ClN3O. The lowest BCUT2D eigenvalue weighted by Crippen LogP contribution is -1.97. The lowest BCUT2D eigenvalue weighted by molar-refractivity contribution is 0.670. The Hall–Kier alpha value is -4.54. The maximum atomic E-state index is 6.41. The third-order valence-corrected chi connectivity index (χ3v) is 6.61. The second-order valence-electron chi connectivity index (χ2n) is 8.68. The molecule has 36 heavy (non-hydrogen) atoms. The molecule has 0 bridgehead atoms. The first-order chi connectivity index (χ1) is 17.7. The first-order valence-electron chi connectivity index (χ1n) is 11.6. The zero-order valence-electron chi connectivity index (χ0n) is 19.0. The molecule has 4 nitrogen and oxygen atoms in total. The first kappa shape index (κ1) is 20.8. The number of nitrogens with zero attached hydrogens (tertiary/aromatic N) is 3. The number of halogens is 1. The number of aromatic nitrogens is 3. The van der Waals surface area contributed by atoms with Gasteiger partial charge in [0, 0.05) is 16.3 Å². The van der Waals surface area contributed by atoms with Crippen LogP contribution in [0.5, 0.6) is 0 Å². The van der Waals surface area contributed by atoms with Crippen LogP contribution in [0.15, 0.2) is 114 Å². The smallest absolute Gasteiger partial charge is 0.226 e. The van der Waals surface area contributed by atoms with Crippen molar-refractivity contribution >= 4 is 44.3 Å². The average molecular weight is 484 g/mol. The molecule has 0 aliphatic carbocycles. The molecule has 2 heterocycles. The summed E-state index contributed by atoms with van der Waals surface area (Å²) in [6.45, 7) is 0. The topological polar surface area (TPSA) is 51.8 Å². The minimum absolute atomic E-state index is 0.138. The van der Waals surface area contributed by atoms with Crippen LogP contribution < -0.4 is 0 Å². The van der Waals surface area contributed by atoms with Crippen molar-refractivity contribution in [2.45, 2.75) is 0 Å². The summed E-state index contributed by atoms with van der Waals surface area (Å²) in [6, 6.07) is 36.9. The van der Waals surface area contributed by atoms with Crippen molar-refractivity contribution < 1.29 is 4.42 Å². The monoisotopic (exact) mass is 483 g/mol. The number of rotatable bonds is 3. The van der Waals surface area contributed by atoms with Crippen molar-refractivity contribution in [1.29, 1.82) is 0 Å². The SMILES string of the molecule is Clc1nc(-c2cccc(-c3ccccc3)c2)nc(-c2cccc3c2oc2cc4ccccc4cc23)n1. The molecule has 0 saturated heterocycles. The summed E-state index contributed by atoms with van der Waals surface area (Å²) in [5.41, 5.74) is 5.40. The fourth-order valence-corrected chi connectivity index (χ4v) is 4.89. The molecule has 7 rings (SSSR count). The zero-order valence-corrected chi connectivity index (χ0v) is 19.8. The summed E-state index contributed by atoms with van der Waals surface area (Å²) in [7, 11) is 0. The third kappa shape index (κ3) is 3.51. The summed E-state index contributed by atoms with van der Waals surface area (Å²) in [5, 5.41) is 4.51. The van der Waals surface area contributed by atoms with Crippen molar-refractivity contribution in [3.63, 3.8) is 0 Å². The Kier molecular flexibility index (Phi) is 4.79. The van der Waals surface area contributed by atoms with Gasteiger partial charge < -0.3 is 4.42 Å². The van der Waals surface area contributed by atoms with Crippen LogP contribution in [0.3, 0.4) is 0 Å². The summed E-state index contributed by atoms with van der Waals surface area (Å²) >= 11 is 6.41. The normalized spacial score (nSPS) is 11.5. The fraction of sp³-hybridized carbons (Fsp3) is 0. The molecule has 7 aromatic rings. The van der Waals surface area contributed by atoms with Crippen LogP contribution in [0, 0.1) is 0 Å². The van der Waals surface area contributed by atoms with E-state index in [1.165, 1.54) is 5.39 Å². The van der Waals surface area contributed by atoms with Gasteiger partial charge in [0.2, 0.25) is 5.28 Å². The number of fused-ring (bicyclic) bond motifs is 4.